The number of cyclic esters (lactones) is 1. The lowest BCUT2D eigenvalue weighted by Crippen LogP contribution is -2.05. The Kier molecular flexibility index (Phi) is 6.44. The molecule has 0 atom stereocenters. The first-order valence-corrected chi connectivity index (χ1v) is 9.48. The molecule has 29 heavy (non-hydrogen) atoms. The minimum absolute atomic E-state index is 0.175. The number of rotatable bonds is 7. The van der Waals surface area contributed by atoms with Gasteiger partial charge in [-0.3, -0.25) is 4.79 Å². The zero-order chi connectivity index (χ0) is 20.8. The second kappa shape index (κ2) is 9.19. The van der Waals surface area contributed by atoms with Crippen LogP contribution in [0.4, 0.5) is 0 Å². The van der Waals surface area contributed by atoms with E-state index in [9.17, 15) is 9.59 Å². The minimum Gasteiger partial charge on any atom is -0.493 e. The van der Waals surface area contributed by atoms with Gasteiger partial charge in [0.1, 0.15) is 0 Å². The third kappa shape index (κ3) is 5.10. The largest absolute Gasteiger partial charge is 0.493 e. The van der Waals surface area contributed by atoms with Gasteiger partial charge in [-0.2, -0.15) is 0 Å². The van der Waals surface area contributed by atoms with Crippen molar-refractivity contribution >= 4 is 23.9 Å². The summed E-state index contributed by atoms with van der Waals surface area (Å²) in [5.74, 6) is -0.0238. The fourth-order valence-corrected chi connectivity index (χ4v) is 2.90. The molecule has 0 spiro atoms. The van der Waals surface area contributed by atoms with E-state index in [1.807, 2.05) is 24.3 Å². The quantitative estimate of drug-likeness (QED) is 0.398. The monoisotopic (exact) mass is 393 g/mol. The summed E-state index contributed by atoms with van der Waals surface area (Å²) in [6.45, 7) is 3.47. The third-order valence-electron chi connectivity index (χ3n) is 4.39. The number of methoxy groups -OCH3 is 1. The van der Waals surface area contributed by atoms with Gasteiger partial charge in [-0.25, -0.2) is 9.79 Å². The molecule has 0 aliphatic carbocycles. The van der Waals surface area contributed by atoms with E-state index in [-0.39, 0.29) is 17.3 Å². The first-order chi connectivity index (χ1) is 14.0. The SMILES string of the molecule is CCCCc1ccc(C2=NC(=Cc3ccc(OC)c(OC(C)=O)c3)C(=O)O2)cc1. The molecule has 2 aromatic carbocycles. The molecule has 2 aromatic rings. The van der Waals surface area contributed by atoms with Crippen LogP contribution in [0.3, 0.4) is 0 Å². The summed E-state index contributed by atoms with van der Waals surface area (Å²) in [4.78, 5) is 27.8. The van der Waals surface area contributed by atoms with Crippen molar-refractivity contribution in [2.75, 3.05) is 7.11 Å². The van der Waals surface area contributed by atoms with E-state index in [4.69, 9.17) is 14.2 Å². The number of nitrogens with zero attached hydrogens (tertiary/aromatic N) is 1. The molecule has 150 valence electrons. The second-order valence-corrected chi connectivity index (χ2v) is 6.64. The van der Waals surface area contributed by atoms with Crippen molar-refractivity contribution in [1.82, 2.24) is 0 Å². The van der Waals surface area contributed by atoms with Gasteiger partial charge in [0.15, 0.2) is 17.2 Å². The maximum Gasteiger partial charge on any atom is 0.363 e. The highest BCUT2D eigenvalue weighted by Gasteiger charge is 2.24. The smallest absolute Gasteiger partial charge is 0.363 e. The number of aliphatic imine (C=N–C) groups is 1. The maximum atomic E-state index is 12.2. The Morgan fingerprint density at radius 2 is 1.90 bits per heavy atom. The van der Waals surface area contributed by atoms with Gasteiger partial charge in [0.05, 0.1) is 7.11 Å². The van der Waals surface area contributed by atoms with Crippen LogP contribution in [0.15, 0.2) is 53.2 Å². The van der Waals surface area contributed by atoms with Crippen LogP contribution in [0.5, 0.6) is 11.5 Å². The van der Waals surface area contributed by atoms with Crippen LogP contribution in [0.1, 0.15) is 43.4 Å². The molecule has 0 aromatic heterocycles. The number of unbranched alkanes of at least 4 members (excludes halogenated alkanes) is 1. The predicted molar refractivity (Wildman–Crippen MR) is 110 cm³/mol. The Labute approximate surface area is 169 Å². The van der Waals surface area contributed by atoms with Crippen LogP contribution in [0.25, 0.3) is 6.08 Å². The van der Waals surface area contributed by atoms with Gasteiger partial charge in [-0.1, -0.05) is 31.5 Å². The van der Waals surface area contributed by atoms with E-state index < -0.39 is 11.9 Å². The Balaban J connectivity index is 1.84. The van der Waals surface area contributed by atoms with Gasteiger partial charge in [0.2, 0.25) is 5.90 Å². The molecular formula is C23H23NO5. The van der Waals surface area contributed by atoms with Gasteiger partial charge < -0.3 is 14.2 Å². The van der Waals surface area contributed by atoms with Gasteiger partial charge in [-0.05, 0) is 54.3 Å². The number of aryl methyl sites for hydroxylation is 1. The van der Waals surface area contributed by atoms with Crippen LogP contribution in [-0.4, -0.2) is 24.9 Å². The molecule has 0 bridgehead atoms. The number of hydrogen-bond acceptors (Lipinski definition) is 6. The van der Waals surface area contributed by atoms with E-state index in [1.54, 1.807) is 24.3 Å². The molecule has 0 saturated carbocycles. The van der Waals surface area contributed by atoms with Crippen molar-refractivity contribution in [2.45, 2.75) is 33.1 Å². The summed E-state index contributed by atoms with van der Waals surface area (Å²) >= 11 is 0. The van der Waals surface area contributed by atoms with Gasteiger partial charge in [-0.15, -0.1) is 0 Å². The predicted octanol–water partition coefficient (Wildman–Crippen LogP) is 4.31. The van der Waals surface area contributed by atoms with E-state index in [2.05, 4.69) is 11.9 Å². The van der Waals surface area contributed by atoms with Crippen molar-refractivity contribution in [3.8, 4) is 11.5 Å². The highest BCUT2D eigenvalue weighted by atomic mass is 16.6. The molecule has 1 heterocycles. The van der Waals surface area contributed by atoms with Gasteiger partial charge in [0.25, 0.3) is 0 Å². The Morgan fingerprint density at radius 3 is 2.55 bits per heavy atom. The number of hydrogen-bond donors (Lipinski definition) is 0. The summed E-state index contributed by atoms with van der Waals surface area (Å²) < 4.78 is 15.7. The molecule has 0 saturated heterocycles. The summed E-state index contributed by atoms with van der Waals surface area (Å²) in [7, 11) is 1.49. The number of benzene rings is 2. The molecule has 3 rings (SSSR count). The van der Waals surface area contributed by atoms with Crippen LogP contribution in [0, 0.1) is 0 Å². The second-order valence-electron chi connectivity index (χ2n) is 6.64. The number of carbonyl (C=O) groups excluding carboxylic acids is 2. The fourth-order valence-electron chi connectivity index (χ4n) is 2.90. The summed E-state index contributed by atoms with van der Waals surface area (Å²) in [5, 5.41) is 0. The van der Waals surface area contributed by atoms with Crippen LogP contribution >= 0.6 is 0 Å². The summed E-state index contributed by atoms with van der Waals surface area (Å²) in [6, 6.07) is 12.9. The fraction of sp³-hybridized carbons (Fsp3) is 0.261. The Hall–Kier alpha value is -3.41. The summed E-state index contributed by atoms with van der Waals surface area (Å²) in [5.41, 5.74) is 2.80. The van der Waals surface area contributed by atoms with Crippen molar-refractivity contribution in [3.63, 3.8) is 0 Å². The average molecular weight is 393 g/mol. The van der Waals surface area contributed by atoms with E-state index in [0.717, 1.165) is 24.8 Å². The van der Waals surface area contributed by atoms with Gasteiger partial charge >= 0.3 is 11.9 Å². The zero-order valence-corrected chi connectivity index (χ0v) is 16.7. The maximum absolute atomic E-state index is 12.2. The zero-order valence-electron chi connectivity index (χ0n) is 16.7. The molecule has 0 fully saturated rings. The normalized spacial score (nSPS) is 14.5. The topological polar surface area (TPSA) is 74.2 Å². The van der Waals surface area contributed by atoms with E-state index in [0.29, 0.717) is 11.3 Å². The Morgan fingerprint density at radius 1 is 1.14 bits per heavy atom. The first-order valence-electron chi connectivity index (χ1n) is 9.48. The minimum atomic E-state index is -0.528. The van der Waals surface area contributed by atoms with Crippen LogP contribution in [-0.2, 0) is 20.7 Å². The van der Waals surface area contributed by atoms with Crippen LogP contribution < -0.4 is 9.47 Å². The first kappa shape index (κ1) is 20.3. The standard InChI is InChI=1S/C23H23NO5/c1-4-5-6-16-7-10-18(11-8-16)22-24-19(23(26)29-22)13-17-9-12-20(27-3)21(14-17)28-15(2)25/h7-14H,4-6H2,1-3H3. The van der Waals surface area contributed by atoms with Crippen molar-refractivity contribution in [3.05, 3.63) is 64.9 Å². The van der Waals surface area contributed by atoms with E-state index in [1.165, 1.54) is 19.6 Å². The van der Waals surface area contributed by atoms with Crippen LogP contribution in [0.2, 0.25) is 0 Å². The average Bonchev–Trinajstić information content (AvgIpc) is 3.07. The highest BCUT2D eigenvalue weighted by Crippen LogP contribution is 2.30. The number of ether oxygens (including phenoxy) is 3. The molecule has 6 nitrogen and oxygen atoms in total. The highest BCUT2D eigenvalue weighted by molar-refractivity contribution is 6.12. The molecule has 0 unspecified atom stereocenters. The van der Waals surface area contributed by atoms with Crippen molar-refractivity contribution in [2.24, 2.45) is 4.99 Å². The third-order valence-corrected chi connectivity index (χ3v) is 4.39. The number of carbonyl (C=O) groups is 2. The van der Waals surface area contributed by atoms with Crippen molar-refractivity contribution < 1.29 is 23.8 Å². The molecule has 1 aliphatic heterocycles. The van der Waals surface area contributed by atoms with Crippen molar-refractivity contribution in [1.29, 1.82) is 0 Å². The molecule has 0 amide bonds. The molecule has 6 heteroatoms. The number of esters is 2. The van der Waals surface area contributed by atoms with Gasteiger partial charge in [0, 0.05) is 12.5 Å². The molecular weight excluding hydrogens is 370 g/mol. The lowest BCUT2D eigenvalue weighted by atomic mass is 10.1. The molecule has 0 radical (unpaired) electrons. The Bertz CT molecular complexity index is 973. The molecule has 0 N–H and O–H groups in total. The lowest BCUT2D eigenvalue weighted by molar-refractivity contribution is -0.132. The molecule has 1 aliphatic rings. The summed E-state index contributed by atoms with van der Waals surface area (Å²) in [6.07, 6.45) is 4.89. The van der Waals surface area contributed by atoms with E-state index >= 15 is 0 Å². The lowest BCUT2D eigenvalue weighted by Gasteiger charge is -2.08.